The minimum atomic E-state index is -0.562. The molecule has 5 rings (SSSR count). The number of hydrogen-bond acceptors (Lipinski definition) is 6. The SMILES string of the molecule is Cc1c(C(=O)N2C[C@@H]3CCN(C(=O)OC(C)(C)C)C[C@@H]32)cnn1-c1nn2cccc2c(=O)[nH]1. The summed E-state index contributed by atoms with van der Waals surface area (Å²) in [6, 6.07) is 3.36. The summed E-state index contributed by atoms with van der Waals surface area (Å²) in [5.41, 5.74) is 0.602. The van der Waals surface area contributed by atoms with Crippen molar-refractivity contribution in [3.8, 4) is 5.95 Å². The van der Waals surface area contributed by atoms with Crippen molar-refractivity contribution in [2.24, 2.45) is 5.92 Å². The maximum absolute atomic E-state index is 13.3. The Bertz CT molecular complexity index is 1300. The molecule has 1 N–H and O–H groups in total. The fourth-order valence-corrected chi connectivity index (χ4v) is 4.54. The zero-order valence-electron chi connectivity index (χ0n) is 19.1. The molecule has 5 heterocycles. The first-order chi connectivity index (χ1) is 15.6. The largest absolute Gasteiger partial charge is 0.444 e. The van der Waals surface area contributed by atoms with Crippen LogP contribution in [0.5, 0.6) is 0 Å². The quantitative estimate of drug-likeness (QED) is 0.630. The zero-order valence-corrected chi connectivity index (χ0v) is 19.1. The average Bonchev–Trinajstić information content (AvgIpc) is 3.34. The van der Waals surface area contributed by atoms with Crippen molar-refractivity contribution in [2.75, 3.05) is 19.6 Å². The molecule has 0 unspecified atom stereocenters. The maximum atomic E-state index is 13.3. The first-order valence-corrected chi connectivity index (χ1v) is 11.0. The smallest absolute Gasteiger partial charge is 0.410 e. The maximum Gasteiger partial charge on any atom is 0.410 e. The number of aromatic amines is 1. The number of fused-ring (bicyclic) bond motifs is 2. The van der Waals surface area contributed by atoms with Gasteiger partial charge < -0.3 is 14.5 Å². The highest BCUT2D eigenvalue weighted by atomic mass is 16.6. The Labute approximate surface area is 189 Å². The molecule has 2 fully saturated rings. The van der Waals surface area contributed by atoms with E-state index in [9.17, 15) is 14.4 Å². The molecule has 2 aliphatic rings. The lowest BCUT2D eigenvalue weighted by atomic mass is 9.82. The molecule has 2 atom stereocenters. The third-order valence-electron chi connectivity index (χ3n) is 6.29. The zero-order chi connectivity index (χ0) is 23.5. The van der Waals surface area contributed by atoms with Crippen molar-refractivity contribution in [3.05, 3.63) is 46.1 Å². The van der Waals surface area contributed by atoms with E-state index in [1.54, 1.807) is 35.1 Å². The van der Waals surface area contributed by atoms with Crippen LogP contribution < -0.4 is 5.56 Å². The van der Waals surface area contributed by atoms with Crippen LogP contribution in [0.1, 0.15) is 43.2 Å². The van der Waals surface area contributed by atoms with Crippen molar-refractivity contribution in [1.82, 2.24) is 34.2 Å². The van der Waals surface area contributed by atoms with E-state index in [1.807, 2.05) is 20.8 Å². The molecule has 11 heteroatoms. The second kappa shape index (κ2) is 7.46. The third-order valence-corrected chi connectivity index (χ3v) is 6.29. The second-order valence-electron chi connectivity index (χ2n) is 9.67. The number of nitrogens with one attached hydrogen (secondary N) is 1. The molecular weight excluding hydrogens is 426 g/mol. The van der Waals surface area contributed by atoms with Gasteiger partial charge in [0.25, 0.3) is 11.5 Å². The molecular formula is C22H27N7O4. The number of piperidine rings is 1. The van der Waals surface area contributed by atoms with Crippen LogP contribution in [0.25, 0.3) is 11.5 Å². The molecule has 0 spiro atoms. The van der Waals surface area contributed by atoms with E-state index in [1.165, 1.54) is 15.4 Å². The molecule has 0 aromatic carbocycles. The van der Waals surface area contributed by atoms with E-state index in [4.69, 9.17) is 4.74 Å². The molecule has 2 aliphatic heterocycles. The van der Waals surface area contributed by atoms with Gasteiger partial charge in [0.2, 0.25) is 5.95 Å². The number of nitrogens with zero attached hydrogens (tertiary/aromatic N) is 6. The van der Waals surface area contributed by atoms with Gasteiger partial charge in [0.1, 0.15) is 11.1 Å². The van der Waals surface area contributed by atoms with Gasteiger partial charge in [0.05, 0.1) is 23.5 Å². The highest BCUT2D eigenvalue weighted by Crippen LogP contribution is 2.34. The van der Waals surface area contributed by atoms with Gasteiger partial charge in [0.15, 0.2) is 0 Å². The van der Waals surface area contributed by atoms with Crippen LogP contribution in [0.2, 0.25) is 0 Å². The summed E-state index contributed by atoms with van der Waals surface area (Å²) in [4.78, 5) is 44.3. The minimum absolute atomic E-state index is 0.0457. The van der Waals surface area contributed by atoms with Crippen molar-refractivity contribution < 1.29 is 14.3 Å². The fourth-order valence-electron chi connectivity index (χ4n) is 4.54. The predicted octanol–water partition coefficient (Wildman–Crippen LogP) is 1.60. The first kappa shape index (κ1) is 21.2. The molecule has 3 aromatic heterocycles. The summed E-state index contributed by atoms with van der Waals surface area (Å²) in [5, 5.41) is 8.69. The van der Waals surface area contributed by atoms with Crippen molar-refractivity contribution in [1.29, 1.82) is 0 Å². The molecule has 0 bridgehead atoms. The lowest BCUT2D eigenvalue weighted by Crippen LogP contribution is -2.66. The number of H-pyrrole nitrogens is 1. The van der Waals surface area contributed by atoms with Gasteiger partial charge in [-0.15, -0.1) is 5.10 Å². The highest BCUT2D eigenvalue weighted by Gasteiger charge is 2.47. The van der Waals surface area contributed by atoms with Crippen LogP contribution >= 0.6 is 0 Å². The third kappa shape index (κ3) is 3.66. The normalized spacial score (nSPS) is 20.5. The number of ether oxygens (including phenoxy) is 1. The van der Waals surface area contributed by atoms with E-state index >= 15 is 0 Å². The minimum Gasteiger partial charge on any atom is -0.444 e. The van der Waals surface area contributed by atoms with Gasteiger partial charge in [0, 0.05) is 31.7 Å². The number of carbonyl (C=O) groups excluding carboxylic acids is 2. The van der Waals surface area contributed by atoms with E-state index in [-0.39, 0.29) is 29.5 Å². The van der Waals surface area contributed by atoms with Crippen LogP contribution in [-0.2, 0) is 4.74 Å². The summed E-state index contributed by atoms with van der Waals surface area (Å²) >= 11 is 0. The fraction of sp³-hybridized carbons (Fsp3) is 0.500. The second-order valence-corrected chi connectivity index (χ2v) is 9.67. The summed E-state index contributed by atoms with van der Waals surface area (Å²) in [5.74, 6) is 0.461. The van der Waals surface area contributed by atoms with Gasteiger partial charge in [-0.05, 0) is 46.2 Å². The number of hydrogen-bond donors (Lipinski definition) is 1. The Morgan fingerprint density at radius 1 is 1.24 bits per heavy atom. The molecule has 33 heavy (non-hydrogen) atoms. The lowest BCUT2D eigenvalue weighted by Gasteiger charge is -2.53. The Morgan fingerprint density at radius 2 is 2.03 bits per heavy atom. The van der Waals surface area contributed by atoms with Crippen LogP contribution in [0.4, 0.5) is 4.79 Å². The molecule has 0 saturated carbocycles. The van der Waals surface area contributed by atoms with Crippen LogP contribution in [0.3, 0.4) is 0 Å². The Hall–Kier alpha value is -3.63. The van der Waals surface area contributed by atoms with Gasteiger partial charge in [-0.25, -0.2) is 14.0 Å². The summed E-state index contributed by atoms with van der Waals surface area (Å²) in [6.45, 7) is 9.04. The van der Waals surface area contributed by atoms with Crippen LogP contribution in [-0.4, -0.2) is 77.5 Å². The standard InChI is InChI=1S/C22H27N7O4/c1-13-15(10-23-29(13)20-24-18(30)16-6-5-8-28(16)25-20)19(31)27-11-14-7-9-26(12-17(14)27)21(32)33-22(2,3)4/h5-6,8,10,14,17H,7,9,11-12H2,1-4H3,(H,24,25,30)/t14-,17-/m0/s1. The van der Waals surface area contributed by atoms with Gasteiger partial charge in [-0.1, -0.05) is 0 Å². The average molecular weight is 454 g/mol. The Kier molecular flexibility index (Phi) is 4.80. The summed E-state index contributed by atoms with van der Waals surface area (Å²) in [6.07, 6.45) is 3.67. The molecule has 3 aromatic rings. The highest BCUT2D eigenvalue weighted by molar-refractivity contribution is 5.96. The van der Waals surface area contributed by atoms with Gasteiger partial charge in [-0.3, -0.25) is 14.6 Å². The van der Waals surface area contributed by atoms with Crippen LogP contribution in [0.15, 0.2) is 29.3 Å². The van der Waals surface area contributed by atoms with E-state index in [2.05, 4.69) is 15.2 Å². The summed E-state index contributed by atoms with van der Waals surface area (Å²) in [7, 11) is 0. The molecule has 0 aliphatic carbocycles. The Morgan fingerprint density at radius 3 is 2.79 bits per heavy atom. The summed E-state index contributed by atoms with van der Waals surface area (Å²) < 4.78 is 8.44. The topological polar surface area (TPSA) is 118 Å². The lowest BCUT2D eigenvalue weighted by molar-refractivity contribution is -0.0386. The van der Waals surface area contributed by atoms with Crippen molar-refractivity contribution >= 4 is 17.5 Å². The number of amides is 2. The molecule has 2 amide bonds. The molecule has 174 valence electrons. The van der Waals surface area contributed by atoms with Crippen molar-refractivity contribution in [3.63, 3.8) is 0 Å². The molecule has 0 radical (unpaired) electrons. The molecule has 11 nitrogen and oxygen atoms in total. The number of rotatable bonds is 2. The van der Waals surface area contributed by atoms with Crippen molar-refractivity contribution in [2.45, 2.75) is 45.8 Å². The van der Waals surface area contributed by atoms with E-state index in [0.717, 1.165) is 6.42 Å². The Balaban J connectivity index is 1.35. The van der Waals surface area contributed by atoms with Gasteiger partial charge >= 0.3 is 6.09 Å². The number of aromatic nitrogens is 5. The predicted molar refractivity (Wildman–Crippen MR) is 118 cm³/mol. The van der Waals surface area contributed by atoms with E-state index in [0.29, 0.717) is 42.3 Å². The molecule has 2 saturated heterocycles. The number of carbonyl (C=O) groups is 2. The van der Waals surface area contributed by atoms with Gasteiger partial charge in [-0.2, -0.15) is 5.10 Å². The monoisotopic (exact) mass is 453 g/mol. The first-order valence-electron chi connectivity index (χ1n) is 11.0. The van der Waals surface area contributed by atoms with E-state index < -0.39 is 5.60 Å². The number of likely N-dealkylation sites (tertiary alicyclic amines) is 2. The van der Waals surface area contributed by atoms with Crippen LogP contribution in [0, 0.1) is 12.8 Å².